The molecule has 0 saturated heterocycles. The van der Waals surface area contributed by atoms with Gasteiger partial charge >= 0.3 is 0 Å². The van der Waals surface area contributed by atoms with Crippen molar-refractivity contribution in [1.82, 2.24) is 10.0 Å². The maximum absolute atomic E-state index is 11.7. The summed E-state index contributed by atoms with van der Waals surface area (Å²) in [5.41, 5.74) is 0.124. The predicted molar refractivity (Wildman–Crippen MR) is 73.5 cm³/mol. The first-order valence-electron chi connectivity index (χ1n) is 6.25. The summed E-state index contributed by atoms with van der Waals surface area (Å²) in [4.78, 5) is 0. The molecule has 0 heterocycles. The van der Waals surface area contributed by atoms with Crippen LogP contribution in [0.2, 0.25) is 0 Å². The second-order valence-corrected chi connectivity index (χ2v) is 7.97. The Morgan fingerprint density at radius 1 is 1.12 bits per heavy atom. The van der Waals surface area contributed by atoms with Crippen molar-refractivity contribution in [3.05, 3.63) is 0 Å². The molecule has 0 aliphatic heterocycles. The second kappa shape index (κ2) is 6.71. The lowest BCUT2D eigenvalue weighted by Gasteiger charge is -2.27. The van der Waals surface area contributed by atoms with Gasteiger partial charge in [-0.15, -0.1) is 0 Å². The molecule has 104 valence electrons. The summed E-state index contributed by atoms with van der Waals surface area (Å²) in [5.74, 6) is 0.456. The van der Waals surface area contributed by atoms with Gasteiger partial charge in [-0.05, 0) is 11.3 Å². The van der Waals surface area contributed by atoms with E-state index in [2.05, 4.69) is 37.7 Å². The number of rotatable bonds is 7. The quantitative estimate of drug-likeness (QED) is 0.734. The predicted octanol–water partition coefficient (Wildman–Crippen LogP) is 1.59. The lowest BCUT2D eigenvalue weighted by Crippen LogP contribution is -2.38. The van der Waals surface area contributed by atoms with Crippen molar-refractivity contribution in [2.24, 2.45) is 11.3 Å². The monoisotopic (exact) mass is 264 g/mol. The topological polar surface area (TPSA) is 58.2 Å². The molecule has 5 heteroatoms. The van der Waals surface area contributed by atoms with Crippen LogP contribution < -0.4 is 10.0 Å². The fourth-order valence-corrected chi connectivity index (χ4v) is 2.15. The van der Waals surface area contributed by atoms with Crippen molar-refractivity contribution >= 4 is 10.0 Å². The van der Waals surface area contributed by atoms with E-state index in [0.29, 0.717) is 25.0 Å². The van der Waals surface area contributed by atoms with Crippen LogP contribution in [0, 0.1) is 11.3 Å². The summed E-state index contributed by atoms with van der Waals surface area (Å²) in [6, 6.07) is 0.318. The summed E-state index contributed by atoms with van der Waals surface area (Å²) < 4.78 is 26.1. The molecule has 2 N–H and O–H groups in total. The molecule has 0 aromatic carbocycles. The smallest absolute Gasteiger partial charge is 0.212 e. The Morgan fingerprint density at radius 3 is 2.06 bits per heavy atom. The summed E-state index contributed by atoms with van der Waals surface area (Å²) in [5, 5.41) is 3.10. The SMILES string of the molecule is CC(C)NCCS(=O)(=O)NCC(C)C(C)(C)C. The zero-order chi connectivity index (χ0) is 13.7. The van der Waals surface area contributed by atoms with Crippen molar-refractivity contribution in [3.63, 3.8) is 0 Å². The third kappa shape index (κ3) is 8.57. The van der Waals surface area contributed by atoms with Crippen molar-refractivity contribution in [1.29, 1.82) is 0 Å². The van der Waals surface area contributed by atoms with Crippen LogP contribution in [0.1, 0.15) is 41.5 Å². The van der Waals surface area contributed by atoms with Gasteiger partial charge in [-0.25, -0.2) is 13.1 Å². The summed E-state index contributed by atoms with van der Waals surface area (Å²) in [6.45, 7) is 13.4. The molecule has 0 spiro atoms. The van der Waals surface area contributed by atoms with Crippen LogP contribution in [0.5, 0.6) is 0 Å². The first-order chi connectivity index (χ1) is 7.54. The average molecular weight is 264 g/mol. The average Bonchev–Trinajstić information content (AvgIpc) is 2.11. The first kappa shape index (κ1) is 16.9. The van der Waals surface area contributed by atoms with E-state index in [1.54, 1.807) is 0 Å². The van der Waals surface area contributed by atoms with Gasteiger partial charge in [-0.1, -0.05) is 41.5 Å². The molecule has 0 rings (SSSR count). The highest BCUT2D eigenvalue weighted by Gasteiger charge is 2.21. The third-order valence-electron chi connectivity index (χ3n) is 3.01. The van der Waals surface area contributed by atoms with Gasteiger partial charge < -0.3 is 5.32 Å². The second-order valence-electron chi connectivity index (χ2n) is 6.04. The number of sulfonamides is 1. The Bertz CT molecular complexity index is 305. The van der Waals surface area contributed by atoms with Crippen LogP contribution in [0.4, 0.5) is 0 Å². The number of hydrogen-bond acceptors (Lipinski definition) is 3. The molecule has 17 heavy (non-hydrogen) atoms. The van der Waals surface area contributed by atoms with E-state index in [9.17, 15) is 8.42 Å². The van der Waals surface area contributed by atoms with Crippen molar-refractivity contribution < 1.29 is 8.42 Å². The lowest BCUT2D eigenvalue weighted by molar-refractivity contribution is 0.263. The lowest BCUT2D eigenvalue weighted by atomic mass is 9.82. The van der Waals surface area contributed by atoms with Gasteiger partial charge in [-0.2, -0.15) is 0 Å². The molecule has 0 amide bonds. The number of hydrogen-bond donors (Lipinski definition) is 2. The van der Waals surface area contributed by atoms with E-state index in [4.69, 9.17) is 0 Å². The van der Waals surface area contributed by atoms with Gasteiger partial charge in [0.05, 0.1) is 5.75 Å². The van der Waals surface area contributed by atoms with Gasteiger partial charge in [0.15, 0.2) is 0 Å². The standard InChI is InChI=1S/C12H28N2O2S/c1-10(2)13-7-8-17(15,16)14-9-11(3)12(4,5)6/h10-11,13-14H,7-9H2,1-6H3. The van der Waals surface area contributed by atoms with Crippen LogP contribution in [0.3, 0.4) is 0 Å². The molecule has 0 bridgehead atoms. The van der Waals surface area contributed by atoms with Crippen LogP contribution in [-0.2, 0) is 10.0 Å². The Kier molecular flexibility index (Phi) is 6.66. The van der Waals surface area contributed by atoms with Gasteiger partial charge in [0.2, 0.25) is 10.0 Å². The molecule has 0 aromatic rings. The highest BCUT2D eigenvalue weighted by molar-refractivity contribution is 7.89. The molecular formula is C12H28N2O2S. The Hall–Kier alpha value is -0.130. The van der Waals surface area contributed by atoms with Crippen LogP contribution in [0.15, 0.2) is 0 Å². The molecule has 0 fully saturated rings. The van der Waals surface area contributed by atoms with Crippen molar-refractivity contribution in [3.8, 4) is 0 Å². The molecule has 0 radical (unpaired) electrons. The molecule has 1 atom stereocenters. The van der Waals surface area contributed by atoms with Crippen molar-refractivity contribution in [2.75, 3.05) is 18.8 Å². The maximum atomic E-state index is 11.7. The number of nitrogens with one attached hydrogen (secondary N) is 2. The Balaban J connectivity index is 4.02. The Morgan fingerprint density at radius 2 is 1.65 bits per heavy atom. The van der Waals surface area contributed by atoms with Gasteiger partial charge in [0, 0.05) is 19.1 Å². The van der Waals surface area contributed by atoms with E-state index in [-0.39, 0.29) is 11.2 Å². The van der Waals surface area contributed by atoms with Crippen LogP contribution in [-0.4, -0.2) is 33.3 Å². The normalized spacial score (nSPS) is 15.2. The summed E-state index contributed by atoms with van der Waals surface area (Å²) in [6.07, 6.45) is 0. The zero-order valence-corrected chi connectivity index (χ0v) is 12.8. The van der Waals surface area contributed by atoms with Crippen LogP contribution in [0.25, 0.3) is 0 Å². The van der Waals surface area contributed by atoms with Gasteiger partial charge in [0.1, 0.15) is 0 Å². The van der Waals surface area contributed by atoms with Crippen LogP contribution >= 0.6 is 0 Å². The van der Waals surface area contributed by atoms with E-state index in [1.165, 1.54) is 0 Å². The highest BCUT2D eigenvalue weighted by atomic mass is 32.2. The fraction of sp³-hybridized carbons (Fsp3) is 1.00. The van der Waals surface area contributed by atoms with E-state index < -0.39 is 10.0 Å². The minimum absolute atomic E-state index is 0.124. The molecule has 4 nitrogen and oxygen atoms in total. The molecule has 1 unspecified atom stereocenters. The molecule has 0 aliphatic carbocycles. The summed E-state index contributed by atoms with van der Waals surface area (Å²) >= 11 is 0. The minimum Gasteiger partial charge on any atom is -0.313 e. The molecule has 0 aliphatic rings. The molecule has 0 saturated carbocycles. The third-order valence-corrected chi connectivity index (χ3v) is 4.36. The van der Waals surface area contributed by atoms with E-state index in [0.717, 1.165) is 0 Å². The minimum atomic E-state index is -3.15. The molecular weight excluding hydrogens is 236 g/mol. The largest absolute Gasteiger partial charge is 0.313 e. The zero-order valence-electron chi connectivity index (χ0n) is 12.0. The fourth-order valence-electron chi connectivity index (χ4n) is 1.11. The first-order valence-corrected chi connectivity index (χ1v) is 7.90. The highest BCUT2D eigenvalue weighted by Crippen LogP contribution is 2.24. The van der Waals surface area contributed by atoms with Crippen molar-refractivity contribution in [2.45, 2.75) is 47.6 Å². The summed E-state index contributed by atoms with van der Waals surface area (Å²) in [7, 11) is -3.15. The van der Waals surface area contributed by atoms with E-state index in [1.807, 2.05) is 13.8 Å². The van der Waals surface area contributed by atoms with Gasteiger partial charge in [-0.3, -0.25) is 0 Å². The van der Waals surface area contributed by atoms with E-state index >= 15 is 0 Å². The maximum Gasteiger partial charge on any atom is 0.212 e. The Labute approximate surface area is 107 Å². The molecule has 0 aromatic heterocycles. The van der Waals surface area contributed by atoms with Gasteiger partial charge in [0.25, 0.3) is 0 Å².